The summed E-state index contributed by atoms with van der Waals surface area (Å²) in [6.45, 7) is 1.98. The Morgan fingerprint density at radius 2 is 2.06 bits per heavy atom. The topological polar surface area (TPSA) is 43.2 Å². The number of hydrogen-bond acceptors (Lipinski definition) is 4. The van der Waals surface area contributed by atoms with Crippen molar-refractivity contribution in [3.8, 4) is 6.07 Å². The van der Waals surface area contributed by atoms with Gasteiger partial charge in [-0.1, -0.05) is 0 Å². The van der Waals surface area contributed by atoms with Crippen molar-refractivity contribution in [2.75, 3.05) is 39.1 Å². The van der Waals surface area contributed by atoms with E-state index in [9.17, 15) is 0 Å². The molecule has 0 atom stereocenters. The van der Waals surface area contributed by atoms with Crippen LogP contribution in [0.4, 0.5) is 5.69 Å². The van der Waals surface area contributed by atoms with E-state index in [2.05, 4.69) is 34.9 Å². The van der Waals surface area contributed by atoms with Crippen molar-refractivity contribution in [1.82, 2.24) is 9.88 Å². The maximum Gasteiger partial charge on any atom is 0.101 e. The molecule has 1 rings (SSSR count). The summed E-state index contributed by atoms with van der Waals surface area (Å²) in [7, 11) is 6.11. The Balaban J connectivity index is 2.59. The summed E-state index contributed by atoms with van der Waals surface area (Å²) >= 11 is 0. The summed E-state index contributed by atoms with van der Waals surface area (Å²) in [5.74, 6) is 0. The zero-order valence-electron chi connectivity index (χ0n) is 10.1. The van der Waals surface area contributed by atoms with Gasteiger partial charge in [0.15, 0.2) is 0 Å². The van der Waals surface area contributed by atoms with Crippen LogP contribution in [0.3, 0.4) is 0 Å². The fourth-order valence-electron chi connectivity index (χ4n) is 1.53. The Morgan fingerprint density at radius 1 is 1.31 bits per heavy atom. The van der Waals surface area contributed by atoms with Gasteiger partial charge in [0.2, 0.25) is 0 Å². The summed E-state index contributed by atoms with van der Waals surface area (Å²) in [6.07, 6.45) is 4.47. The van der Waals surface area contributed by atoms with E-state index in [4.69, 9.17) is 5.26 Å². The van der Waals surface area contributed by atoms with E-state index in [-0.39, 0.29) is 0 Å². The monoisotopic (exact) mass is 218 g/mol. The van der Waals surface area contributed by atoms with Crippen molar-refractivity contribution < 1.29 is 0 Å². The van der Waals surface area contributed by atoms with Crippen LogP contribution in [0.2, 0.25) is 0 Å². The van der Waals surface area contributed by atoms with Gasteiger partial charge in [0.25, 0.3) is 0 Å². The number of pyridine rings is 1. The SMILES string of the molecule is CN(C)CCCN(C)c1cnccc1C#N. The van der Waals surface area contributed by atoms with E-state index < -0.39 is 0 Å². The van der Waals surface area contributed by atoms with Crippen LogP contribution in [0.5, 0.6) is 0 Å². The van der Waals surface area contributed by atoms with Crippen molar-refractivity contribution in [2.45, 2.75) is 6.42 Å². The summed E-state index contributed by atoms with van der Waals surface area (Å²) in [4.78, 5) is 8.29. The normalized spacial score (nSPS) is 10.2. The minimum Gasteiger partial charge on any atom is -0.372 e. The summed E-state index contributed by atoms with van der Waals surface area (Å²) in [5, 5.41) is 8.97. The predicted octanol–water partition coefficient (Wildman–Crippen LogP) is 1.34. The highest BCUT2D eigenvalue weighted by Gasteiger charge is 2.06. The van der Waals surface area contributed by atoms with Crippen molar-refractivity contribution in [3.05, 3.63) is 24.0 Å². The largest absolute Gasteiger partial charge is 0.372 e. The van der Waals surface area contributed by atoms with Crippen LogP contribution < -0.4 is 4.90 Å². The lowest BCUT2D eigenvalue weighted by Gasteiger charge is -2.20. The third-order valence-corrected chi connectivity index (χ3v) is 2.43. The molecule has 4 heteroatoms. The van der Waals surface area contributed by atoms with Gasteiger partial charge in [0.05, 0.1) is 17.4 Å². The highest BCUT2D eigenvalue weighted by molar-refractivity contribution is 5.56. The zero-order valence-corrected chi connectivity index (χ0v) is 10.1. The predicted molar refractivity (Wildman–Crippen MR) is 65.4 cm³/mol. The highest BCUT2D eigenvalue weighted by Crippen LogP contribution is 2.16. The molecule has 0 amide bonds. The quantitative estimate of drug-likeness (QED) is 0.748. The van der Waals surface area contributed by atoms with Crippen LogP contribution in [-0.2, 0) is 0 Å². The lowest BCUT2D eigenvalue weighted by Crippen LogP contribution is -2.24. The molecule has 86 valence electrons. The molecule has 0 bridgehead atoms. The van der Waals surface area contributed by atoms with Gasteiger partial charge in [-0.2, -0.15) is 5.26 Å². The molecule has 0 aliphatic rings. The second kappa shape index (κ2) is 6.09. The maximum absolute atomic E-state index is 8.97. The molecule has 1 aromatic heterocycles. The first-order valence-electron chi connectivity index (χ1n) is 5.35. The van der Waals surface area contributed by atoms with Crippen LogP contribution in [0, 0.1) is 11.3 Å². The van der Waals surface area contributed by atoms with Crippen LogP contribution in [-0.4, -0.2) is 44.1 Å². The fraction of sp³-hybridized carbons (Fsp3) is 0.500. The second-order valence-corrected chi connectivity index (χ2v) is 4.08. The maximum atomic E-state index is 8.97. The number of anilines is 1. The van der Waals surface area contributed by atoms with Gasteiger partial charge >= 0.3 is 0 Å². The van der Waals surface area contributed by atoms with E-state index in [1.807, 2.05) is 7.05 Å². The van der Waals surface area contributed by atoms with Gasteiger partial charge < -0.3 is 9.80 Å². The molecular formula is C12H18N4. The number of hydrogen-bond donors (Lipinski definition) is 0. The Hall–Kier alpha value is -1.60. The van der Waals surface area contributed by atoms with Crippen molar-refractivity contribution >= 4 is 5.69 Å². The summed E-state index contributed by atoms with van der Waals surface area (Å²) in [5.41, 5.74) is 1.59. The molecule has 0 N–H and O–H groups in total. The van der Waals surface area contributed by atoms with E-state index in [0.29, 0.717) is 5.56 Å². The molecule has 16 heavy (non-hydrogen) atoms. The first kappa shape index (κ1) is 12.5. The molecular weight excluding hydrogens is 200 g/mol. The summed E-state index contributed by atoms with van der Waals surface area (Å²) in [6, 6.07) is 3.93. The minimum atomic E-state index is 0.683. The van der Waals surface area contributed by atoms with Crippen molar-refractivity contribution in [3.63, 3.8) is 0 Å². The average molecular weight is 218 g/mol. The Labute approximate surface area is 97.1 Å². The molecule has 0 saturated heterocycles. The molecule has 1 heterocycles. The molecule has 0 unspecified atom stereocenters. The van der Waals surface area contributed by atoms with Gasteiger partial charge in [0, 0.05) is 19.8 Å². The van der Waals surface area contributed by atoms with Gasteiger partial charge in [0.1, 0.15) is 6.07 Å². The van der Waals surface area contributed by atoms with E-state index in [0.717, 1.165) is 25.2 Å². The highest BCUT2D eigenvalue weighted by atomic mass is 15.1. The van der Waals surface area contributed by atoms with E-state index >= 15 is 0 Å². The standard InChI is InChI=1S/C12H18N4/c1-15(2)7-4-8-16(3)12-10-14-6-5-11(12)9-13/h5-6,10H,4,7-8H2,1-3H3. The molecule has 1 aromatic rings. The number of aromatic nitrogens is 1. The molecule has 0 saturated carbocycles. The molecule has 0 aliphatic heterocycles. The van der Waals surface area contributed by atoms with Crippen LogP contribution in [0.15, 0.2) is 18.5 Å². The minimum absolute atomic E-state index is 0.683. The van der Waals surface area contributed by atoms with Gasteiger partial charge in [-0.05, 0) is 33.1 Å². The van der Waals surface area contributed by atoms with E-state index in [1.54, 1.807) is 18.5 Å². The zero-order chi connectivity index (χ0) is 12.0. The van der Waals surface area contributed by atoms with Crippen LogP contribution in [0.25, 0.3) is 0 Å². The number of rotatable bonds is 5. The smallest absolute Gasteiger partial charge is 0.101 e. The number of nitriles is 1. The third-order valence-electron chi connectivity index (χ3n) is 2.43. The lowest BCUT2D eigenvalue weighted by atomic mass is 10.2. The average Bonchev–Trinajstić information content (AvgIpc) is 2.28. The van der Waals surface area contributed by atoms with Crippen molar-refractivity contribution in [2.24, 2.45) is 0 Å². The first-order chi connectivity index (χ1) is 7.65. The van der Waals surface area contributed by atoms with Gasteiger partial charge in [-0.15, -0.1) is 0 Å². The van der Waals surface area contributed by atoms with Crippen LogP contribution >= 0.6 is 0 Å². The van der Waals surface area contributed by atoms with Crippen LogP contribution in [0.1, 0.15) is 12.0 Å². The molecule has 0 fully saturated rings. The van der Waals surface area contributed by atoms with Gasteiger partial charge in [-0.25, -0.2) is 0 Å². The molecule has 0 radical (unpaired) electrons. The Bertz CT molecular complexity index is 368. The number of nitrogens with zero attached hydrogens (tertiary/aromatic N) is 4. The molecule has 4 nitrogen and oxygen atoms in total. The third kappa shape index (κ3) is 3.52. The summed E-state index contributed by atoms with van der Waals surface area (Å²) < 4.78 is 0. The Kier molecular flexibility index (Phi) is 4.74. The molecule has 0 aromatic carbocycles. The first-order valence-corrected chi connectivity index (χ1v) is 5.35. The van der Waals surface area contributed by atoms with Gasteiger partial charge in [-0.3, -0.25) is 4.98 Å². The lowest BCUT2D eigenvalue weighted by molar-refractivity contribution is 0.401. The Morgan fingerprint density at radius 3 is 2.69 bits per heavy atom. The molecule has 0 aliphatic carbocycles. The van der Waals surface area contributed by atoms with Crippen molar-refractivity contribution in [1.29, 1.82) is 5.26 Å². The fourth-order valence-corrected chi connectivity index (χ4v) is 1.53. The molecule has 0 spiro atoms. The van der Waals surface area contributed by atoms with E-state index in [1.165, 1.54) is 0 Å². The second-order valence-electron chi connectivity index (χ2n) is 4.08.